The summed E-state index contributed by atoms with van der Waals surface area (Å²) < 4.78 is 5.33. The molecule has 1 aromatic heterocycles. The summed E-state index contributed by atoms with van der Waals surface area (Å²) >= 11 is 0. The molecule has 1 amide bonds. The highest BCUT2D eigenvalue weighted by molar-refractivity contribution is 5.68. The summed E-state index contributed by atoms with van der Waals surface area (Å²) in [6.07, 6.45) is 8.05. The number of piperidine rings is 1. The summed E-state index contributed by atoms with van der Waals surface area (Å²) in [5.41, 5.74) is 0.971. The standard InChI is InChI=1S/C12H23NO2.C7H9N/c1-5-10-6-8-13(9-7-10)11(14)15-12(2,3)4;1-2-7-3-5-8-6-4-7/h10H,5-9H2,1-4H3;3-6H,2H2,1H3. The first kappa shape index (κ1) is 19.5. The van der Waals surface area contributed by atoms with Crippen LogP contribution in [0.4, 0.5) is 4.79 Å². The smallest absolute Gasteiger partial charge is 0.410 e. The number of aryl methyl sites for hydroxylation is 1. The average molecular weight is 320 g/mol. The Labute approximate surface area is 141 Å². The zero-order chi connectivity index (χ0) is 17.3. The molecule has 0 aliphatic carbocycles. The summed E-state index contributed by atoms with van der Waals surface area (Å²) in [5.74, 6) is 0.795. The Bertz CT molecular complexity index is 446. The number of rotatable bonds is 2. The number of carbonyl (C=O) groups excluding carboxylic acids is 1. The van der Waals surface area contributed by atoms with Gasteiger partial charge in [-0.15, -0.1) is 0 Å². The molecule has 2 heterocycles. The van der Waals surface area contributed by atoms with Crippen molar-refractivity contribution in [2.24, 2.45) is 5.92 Å². The van der Waals surface area contributed by atoms with Crippen molar-refractivity contribution in [2.75, 3.05) is 13.1 Å². The fourth-order valence-electron chi connectivity index (χ4n) is 2.47. The number of ether oxygens (including phenoxy) is 1. The van der Waals surface area contributed by atoms with Crippen molar-refractivity contribution in [1.29, 1.82) is 0 Å². The highest BCUT2D eigenvalue weighted by atomic mass is 16.6. The van der Waals surface area contributed by atoms with Crippen molar-refractivity contribution in [1.82, 2.24) is 9.88 Å². The zero-order valence-electron chi connectivity index (χ0n) is 15.3. The van der Waals surface area contributed by atoms with Crippen LogP contribution in [-0.2, 0) is 11.2 Å². The molecule has 0 saturated carbocycles. The lowest BCUT2D eigenvalue weighted by molar-refractivity contribution is 0.0183. The molecular weight excluding hydrogens is 288 g/mol. The van der Waals surface area contributed by atoms with Gasteiger partial charge in [-0.1, -0.05) is 20.3 Å². The van der Waals surface area contributed by atoms with Gasteiger partial charge < -0.3 is 9.64 Å². The molecule has 1 aliphatic rings. The summed E-state index contributed by atoms with van der Waals surface area (Å²) in [6.45, 7) is 11.8. The first-order valence-corrected chi connectivity index (χ1v) is 8.72. The monoisotopic (exact) mass is 320 g/mol. The lowest BCUT2D eigenvalue weighted by atomic mass is 9.95. The number of amides is 1. The minimum Gasteiger partial charge on any atom is -0.444 e. The summed E-state index contributed by atoms with van der Waals surface area (Å²) in [7, 11) is 0. The molecule has 1 saturated heterocycles. The highest BCUT2D eigenvalue weighted by Gasteiger charge is 2.25. The van der Waals surface area contributed by atoms with Gasteiger partial charge in [-0.2, -0.15) is 0 Å². The van der Waals surface area contributed by atoms with E-state index in [9.17, 15) is 4.79 Å². The third-order valence-electron chi connectivity index (χ3n) is 4.00. The maximum atomic E-state index is 11.7. The Kier molecular flexibility index (Phi) is 8.07. The van der Waals surface area contributed by atoms with Gasteiger partial charge in [0, 0.05) is 25.5 Å². The normalized spacial score (nSPS) is 15.6. The molecule has 0 aromatic carbocycles. The molecule has 0 spiro atoms. The summed E-state index contributed by atoms with van der Waals surface area (Å²) in [6, 6.07) is 4.06. The Morgan fingerprint density at radius 2 is 1.78 bits per heavy atom. The van der Waals surface area contributed by atoms with Gasteiger partial charge in [-0.05, 0) is 63.6 Å². The van der Waals surface area contributed by atoms with Crippen molar-refractivity contribution in [3.8, 4) is 0 Å². The lowest BCUT2D eigenvalue weighted by Gasteiger charge is -2.33. The number of likely N-dealkylation sites (tertiary alicyclic amines) is 1. The van der Waals surface area contributed by atoms with Crippen LogP contribution in [0.15, 0.2) is 24.5 Å². The van der Waals surface area contributed by atoms with Crippen molar-refractivity contribution < 1.29 is 9.53 Å². The SMILES string of the molecule is CCC1CCN(C(=O)OC(C)(C)C)CC1.CCc1ccncc1. The predicted molar refractivity (Wildman–Crippen MR) is 94.4 cm³/mol. The van der Waals surface area contributed by atoms with Gasteiger partial charge in [-0.25, -0.2) is 4.79 Å². The van der Waals surface area contributed by atoms with Gasteiger partial charge in [0.15, 0.2) is 0 Å². The van der Waals surface area contributed by atoms with Crippen molar-refractivity contribution >= 4 is 6.09 Å². The van der Waals surface area contributed by atoms with Gasteiger partial charge in [-0.3, -0.25) is 4.98 Å². The van der Waals surface area contributed by atoms with Crippen molar-refractivity contribution in [3.63, 3.8) is 0 Å². The van der Waals surface area contributed by atoms with Gasteiger partial charge in [0.25, 0.3) is 0 Å². The van der Waals surface area contributed by atoms with Crippen LogP contribution in [0.1, 0.15) is 59.4 Å². The van der Waals surface area contributed by atoms with Crippen LogP contribution in [0.5, 0.6) is 0 Å². The minimum absolute atomic E-state index is 0.156. The van der Waals surface area contributed by atoms with E-state index in [2.05, 4.69) is 18.8 Å². The molecule has 1 aromatic rings. The first-order chi connectivity index (χ1) is 10.9. The number of aromatic nitrogens is 1. The molecule has 4 nitrogen and oxygen atoms in total. The molecule has 4 heteroatoms. The second-order valence-corrected chi connectivity index (χ2v) is 7.03. The Hall–Kier alpha value is -1.58. The van der Waals surface area contributed by atoms with Crippen LogP contribution in [-0.4, -0.2) is 34.7 Å². The predicted octanol–water partition coefficient (Wildman–Crippen LogP) is 4.69. The maximum absolute atomic E-state index is 11.7. The van der Waals surface area contributed by atoms with E-state index >= 15 is 0 Å². The lowest BCUT2D eigenvalue weighted by Crippen LogP contribution is -2.41. The van der Waals surface area contributed by atoms with Crippen LogP contribution < -0.4 is 0 Å². The topological polar surface area (TPSA) is 42.4 Å². The minimum atomic E-state index is -0.376. The van der Waals surface area contributed by atoms with E-state index in [0.29, 0.717) is 0 Å². The number of hydrogen-bond acceptors (Lipinski definition) is 3. The molecular formula is C19H32N2O2. The zero-order valence-corrected chi connectivity index (χ0v) is 15.3. The summed E-state index contributed by atoms with van der Waals surface area (Å²) in [5, 5.41) is 0. The maximum Gasteiger partial charge on any atom is 0.410 e. The quantitative estimate of drug-likeness (QED) is 0.794. The number of carbonyl (C=O) groups is 1. The number of nitrogens with zero attached hydrogens (tertiary/aromatic N) is 2. The van der Waals surface area contributed by atoms with Crippen LogP contribution in [0.3, 0.4) is 0 Å². The number of pyridine rings is 1. The molecule has 0 N–H and O–H groups in total. The fraction of sp³-hybridized carbons (Fsp3) is 0.684. The van der Waals surface area contributed by atoms with Crippen molar-refractivity contribution in [3.05, 3.63) is 30.1 Å². The van der Waals surface area contributed by atoms with Gasteiger partial charge in [0.2, 0.25) is 0 Å². The molecule has 1 aliphatic heterocycles. The van der Waals surface area contributed by atoms with E-state index < -0.39 is 0 Å². The molecule has 0 unspecified atom stereocenters. The third kappa shape index (κ3) is 8.00. The van der Waals surface area contributed by atoms with Gasteiger partial charge in [0.1, 0.15) is 5.60 Å². The Balaban J connectivity index is 0.000000277. The van der Waals surface area contributed by atoms with E-state index in [1.807, 2.05) is 50.2 Å². The summed E-state index contributed by atoms with van der Waals surface area (Å²) in [4.78, 5) is 17.4. The number of hydrogen-bond donors (Lipinski definition) is 0. The average Bonchev–Trinajstić information content (AvgIpc) is 2.54. The molecule has 1 fully saturated rings. The molecule has 23 heavy (non-hydrogen) atoms. The van der Waals surface area contributed by atoms with Crippen LogP contribution in [0.25, 0.3) is 0 Å². The first-order valence-electron chi connectivity index (χ1n) is 8.72. The molecule has 130 valence electrons. The highest BCUT2D eigenvalue weighted by Crippen LogP contribution is 2.21. The van der Waals surface area contributed by atoms with E-state index in [0.717, 1.165) is 38.3 Å². The van der Waals surface area contributed by atoms with E-state index in [1.165, 1.54) is 12.0 Å². The van der Waals surface area contributed by atoms with Crippen LogP contribution in [0.2, 0.25) is 0 Å². The van der Waals surface area contributed by atoms with Gasteiger partial charge in [0.05, 0.1) is 0 Å². The van der Waals surface area contributed by atoms with Crippen LogP contribution in [0, 0.1) is 5.92 Å². The van der Waals surface area contributed by atoms with E-state index in [1.54, 1.807) is 0 Å². The second kappa shape index (κ2) is 9.53. The fourth-order valence-corrected chi connectivity index (χ4v) is 2.47. The van der Waals surface area contributed by atoms with Gasteiger partial charge >= 0.3 is 6.09 Å². The largest absolute Gasteiger partial charge is 0.444 e. The second-order valence-electron chi connectivity index (χ2n) is 7.03. The molecule has 0 bridgehead atoms. The third-order valence-corrected chi connectivity index (χ3v) is 4.00. The van der Waals surface area contributed by atoms with E-state index in [4.69, 9.17) is 4.74 Å². The van der Waals surface area contributed by atoms with Crippen LogP contribution >= 0.6 is 0 Å². The molecule has 0 atom stereocenters. The van der Waals surface area contributed by atoms with Crippen molar-refractivity contribution in [2.45, 2.75) is 65.9 Å². The Morgan fingerprint density at radius 1 is 1.22 bits per heavy atom. The Morgan fingerprint density at radius 3 is 2.17 bits per heavy atom. The molecule has 2 rings (SSSR count). The molecule has 0 radical (unpaired) electrons. The van der Waals surface area contributed by atoms with E-state index in [-0.39, 0.29) is 11.7 Å².